The summed E-state index contributed by atoms with van der Waals surface area (Å²) in [5.41, 5.74) is 0.119. The molecule has 0 bridgehead atoms. The lowest BCUT2D eigenvalue weighted by Crippen LogP contribution is -2.55. The van der Waals surface area contributed by atoms with Crippen LogP contribution in [0.3, 0.4) is 0 Å². The highest BCUT2D eigenvalue weighted by atomic mass is 16.1. The molecule has 1 heterocycles. The van der Waals surface area contributed by atoms with Crippen molar-refractivity contribution in [3.63, 3.8) is 0 Å². The first-order valence-electron chi connectivity index (χ1n) is 5.68. The van der Waals surface area contributed by atoms with E-state index in [-0.39, 0.29) is 11.6 Å². The van der Waals surface area contributed by atoms with E-state index in [9.17, 15) is 4.79 Å². The molecule has 0 radical (unpaired) electrons. The highest BCUT2D eigenvalue weighted by Gasteiger charge is 2.37. The summed E-state index contributed by atoms with van der Waals surface area (Å²) in [5.74, 6) is 0.747. The van der Waals surface area contributed by atoms with Crippen LogP contribution in [0.4, 0.5) is 0 Å². The number of Topliss-reactive ketones (excluding diaryl/α,β-unsaturated/α-hetero) is 1. The number of ketones is 1. The van der Waals surface area contributed by atoms with E-state index in [2.05, 4.69) is 39.5 Å². The van der Waals surface area contributed by atoms with E-state index in [1.807, 2.05) is 0 Å². The van der Waals surface area contributed by atoms with Crippen LogP contribution < -0.4 is 0 Å². The molecule has 2 nitrogen and oxygen atoms in total. The van der Waals surface area contributed by atoms with Crippen LogP contribution in [0.15, 0.2) is 0 Å². The van der Waals surface area contributed by atoms with Gasteiger partial charge >= 0.3 is 0 Å². The van der Waals surface area contributed by atoms with Crippen molar-refractivity contribution in [2.45, 2.75) is 59.0 Å². The summed E-state index contributed by atoms with van der Waals surface area (Å²) < 4.78 is 0. The van der Waals surface area contributed by atoms with Crippen LogP contribution in [-0.2, 0) is 4.79 Å². The van der Waals surface area contributed by atoms with Crippen LogP contribution in [0.1, 0.15) is 47.5 Å². The van der Waals surface area contributed by atoms with E-state index in [4.69, 9.17) is 0 Å². The van der Waals surface area contributed by atoms with Crippen molar-refractivity contribution in [3.8, 4) is 0 Å². The average molecular weight is 197 g/mol. The fourth-order valence-corrected chi connectivity index (χ4v) is 2.45. The van der Waals surface area contributed by atoms with Crippen LogP contribution in [0.2, 0.25) is 0 Å². The van der Waals surface area contributed by atoms with Gasteiger partial charge in [-0.25, -0.2) is 0 Å². The summed E-state index contributed by atoms with van der Waals surface area (Å²) in [6.07, 6.45) is 2.04. The molecule has 2 heteroatoms. The molecular weight excluding hydrogens is 174 g/mol. The lowest BCUT2D eigenvalue weighted by molar-refractivity contribution is -0.134. The second-order valence-electron chi connectivity index (χ2n) is 5.34. The minimum atomic E-state index is 0.105. The van der Waals surface area contributed by atoms with Crippen LogP contribution in [0.25, 0.3) is 0 Å². The van der Waals surface area contributed by atoms with Gasteiger partial charge in [0.25, 0.3) is 0 Å². The smallest absolute Gasteiger partial charge is 0.152 e. The number of hydrogen-bond donors (Lipinski definition) is 0. The van der Waals surface area contributed by atoms with Crippen molar-refractivity contribution < 1.29 is 4.79 Å². The highest BCUT2D eigenvalue weighted by molar-refractivity contribution is 5.86. The molecule has 0 aromatic carbocycles. The van der Waals surface area contributed by atoms with Crippen LogP contribution >= 0.6 is 0 Å². The molecule has 0 aliphatic carbocycles. The fraction of sp³-hybridized carbons (Fsp3) is 0.917. The number of carbonyl (C=O) groups excluding carboxylic acids is 1. The number of likely N-dealkylation sites (tertiary alicyclic amines) is 1. The third-order valence-corrected chi connectivity index (χ3v) is 3.35. The second kappa shape index (κ2) is 4.01. The number of carbonyl (C=O) groups is 1. The number of piperidine rings is 1. The first-order valence-corrected chi connectivity index (χ1v) is 5.68. The Labute approximate surface area is 87.7 Å². The number of nitrogens with zero attached hydrogens (tertiary/aromatic N) is 1. The summed E-state index contributed by atoms with van der Waals surface area (Å²) in [5, 5.41) is 0. The van der Waals surface area contributed by atoms with Crippen molar-refractivity contribution in [1.29, 1.82) is 0 Å². The molecule has 14 heavy (non-hydrogen) atoms. The maximum atomic E-state index is 12.0. The topological polar surface area (TPSA) is 20.3 Å². The van der Waals surface area contributed by atoms with Gasteiger partial charge in [-0.05, 0) is 40.5 Å². The van der Waals surface area contributed by atoms with Gasteiger partial charge in [0, 0.05) is 18.0 Å². The van der Waals surface area contributed by atoms with E-state index >= 15 is 0 Å². The van der Waals surface area contributed by atoms with Gasteiger partial charge in [-0.15, -0.1) is 0 Å². The second-order valence-corrected chi connectivity index (χ2v) is 5.34. The maximum Gasteiger partial charge on any atom is 0.152 e. The van der Waals surface area contributed by atoms with E-state index < -0.39 is 0 Å². The van der Waals surface area contributed by atoms with Crippen molar-refractivity contribution in [2.75, 3.05) is 6.54 Å². The molecule has 1 aliphatic heterocycles. The minimum absolute atomic E-state index is 0.105. The van der Waals surface area contributed by atoms with Gasteiger partial charge < -0.3 is 0 Å². The van der Waals surface area contributed by atoms with Crippen molar-refractivity contribution in [1.82, 2.24) is 4.90 Å². The van der Waals surface area contributed by atoms with Gasteiger partial charge in [-0.2, -0.15) is 0 Å². The Morgan fingerprint density at radius 1 is 1.43 bits per heavy atom. The first-order chi connectivity index (χ1) is 6.38. The molecule has 82 valence electrons. The normalized spacial score (nSPS) is 30.8. The molecule has 0 amide bonds. The van der Waals surface area contributed by atoms with Gasteiger partial charge in [0.1, 0.15) is 0 Å². The molecule has 0 aromatic rings. The average Bonchev–Trinajstić information content (AvgIpc) is 2.07. The van der Waals surface area contributed by atoms with E-state index in [1.165, 1.54) is 0 Å². The Balaban J connectivity index is 2.74. The first kappa shape index (κ1) is 11.7. The molecule has 1 fully saturated rings. The maximum absolute atomic E-state index is 12.0. The van der Waals surface area contributed by atoms with Crippen molar-refractivity contribution >= 4 is 5.78 Å². The zero-order valence-corrected chi connectivity index (χ0v) is 10.1. The van der Waals surface area contributed by atoms with Crippen molar-refractivity contribution in [3.05, 3.63) is 0 Å². The van der Waals surface area contributed by atoms with Gasteiger partial charge in [-0.1, -0.05) is 6.92 Å². The van der Waals surface area contributed by atoms with Gasteiger partial charge in [-0.3, -0.25) is 9.69 Å². The molecular formula is C12H23NO. The van der Waals surface area contributed by atoms with Gasteiger partial charge in [0.15, 0.2) is 5.78 Å². The molecule has 0 aromatic heterocycles. The van der Waals surface area contributed by atoms with Gasteiger partial charge in [0.2, 0.25) is 0 Å². The number of rotatable bonds is 1. The third kappa shape index (κ3) is 2.17. The lowest BCUT2D eigenvalue weighted by Gasteiger charge is -2.44. The molecule has 1 rings (SSSR count). The molecule has 2 unspecified atom stereocenters. The molecule has 0 spiro atoms. The minimum Gasteiger partial charge on any atom is -0.298 e. The van der Waals surface area contributed by atoms with Crippen molar-refractivity contribution in [2.24, 2.45) is 5.92 Å². The molecule has 2 atom stereocenters. The lowest BCUT2D eigenvalue weighted by atomic mass is 9.85. The SMILES string of the molecule is CCC1CCN(C(C)(C)C)C(C)C1=O. The third-order valence-electron chi connectivity index (χ3n) is 3.35. The fourth-order valence-electron chi connectivity index (χ4n) is 2.45. The van der Waals surface area contributed by atoms with Crippen LogP contribution in [0.5, 0.6) is 0 Å². The predicted octanol–water partition coefficient (Wildman–Crippen LogP) is 2.47. The zero-order chi connectivity index (χ0) is 10.9. The molecule has 0 N–H and O–H groups in total. The Bertz CT molecular complexity index is 217. The summed E-state index contributed by atoms with van der Waals surface area (Å²) in [4.78, 5) is 14.3. The van der Waals surface area contributed by atoms with Gasteiger partial charge in [0.05, 0.1) is 6.04 Å². The summed E-state index contributed by atoms with van der Waals surface area (Å²) >= 11 is 0. The quantitative estimate of drug-likeness (QED) is 0.643. The number of hydrogen-bond acceptors (Lipinski definition) is 2. The summed E-state index contributed by atoms with van der Waals surface area (Å²) in [7, 11) is 0. The van der Waals surface area contributed by atoms with Crippen LogP contribution in [0, 0.1) is 5.92 Å². The Morgan fingerprint density at radius 3 is 2.43 bits per heavy atom. The molecule has 1 saturated heterocycles. The standard InChI is InChI=1S/C12H23NO/c1-6-10-7-8-13(12(3,4)5)9(2)11(10)14/h9-10H,6-8H2,1-5H3. The molecule has 0 saturated carbocycles. The summed E-state index contributed by atoms with van der Waals surface area (Å²) in [6.45, 7) is 11.8. The predicted molar refractivity (Wildman–Crippen MR) is 59.3 cm³/mol. The Morgan fingerprint density at radius 2 is 2.00 bits per heavy atom. The van der Waals surface area contributed by atoms with E-state index in [1.54, 1.807) is 0 Å². The van der Waals surface area contributed by atoms with E-state index in [0.717, 1.165) is 19.4 Å². The zero-order valence-electron chi connectivity index (χ0n) is 10.1. The van der Waals surface area contributed by atoms with Crippen LogP contribution in [-0.4, -0.2) is 28.8 Å². The largest absolute Gasteiger partial charge is 0.298 e. The monoisotopic (exact) mass is 197 g/mol. The summed E-state index contributed by atoms with van der Waals surface area (Å²) in [6, 6.07) is 0.105. The highest BCUT2D eigenvalue weighted by Crippen LogP contribution is 2.27. The molecule has 1 aliphatic rings. The Kier molecular flexibility index (Phi) is 3.36. The Hall–Kier alpha value is -0.370. The van der Waals surface area contributed by atoms with E-state index in [0.29, 0.717) is 11.7 Å².